The summed E-state index contributed by atoms with van der Waals surface area (Å²) in [6.07, 6.45) is 0. The summed E-state index contributed by atoms with van der Waals surface area (Å²) in [5.41, 5.74) is 6.53. The molecule has 0 fully saturated rings. The van der Waals surface area contributed by atoms with Gasteiger partial charge in [0.15, 0.2) is 0 Å². The van der Waals surface area contributed by atoms with Crippen LogP contribution in [0.4, 0.5) is 10.1 Å². The monoisotopic (exact) mass is 194 g/mol. The van der Waals surface area contributed by atoms with Crippen LogP contribution in [0.2, 0.25) is 0 Å². The maximum atomic E-state index is 13.1. The standard InChI is InChI=1S/C10H11FN2O/c1-5-3-6(11)4-7-8(5)13-9(14)10(7,2)12/h3-4H,12H2,1-2H3,(H,13,14)/t10-/m0/s1. The van der Waals surface area contributed by atoms with Gasteiger partial charge in [0.2, 0.25) is 5.91 Å². The lowest BCUT2D eigenvalue weighted by Gasteiger charge is -2.15. The molecule has 1 aliphatic heterocycles. The minimum Gasteiger partial charge on any atom is -0.324 e. The number of aryl methyl sites for hydroxylation is 1. The number of rotatable bonds is 0. The molecule has 1 amide bonds. The fourth-order valence-electron chi connectivity index (χ4n) is 1.68. The SMILES string of the molecule is Cc1cc(F)cc2c1NC(=O)[C@@]2(C)N. The molecule has 2 rings (SSSR count). The molecule has 14 heavy (non-hydrogen) atoms. The van der Waals surface area contributed by atoms with Crippen molar-refractivity contribution < 1.29 is 9.18 Å². The van der Waals surface area contributed by atoms with Gasteiger partial charge < -0.3 is 11.1 Å². The molecule has 3 N–H and O–H groups in total. The smallest absolute Gasteiger partial charge is 0.248 e. The predicted octanol–water partition coefficient (Wildman–Crippen LogP) is 1.26. The number of nitrogens with one attached hydrogen (secondary N) is 1. The Morgan fingerprint density at radius 1 is 1.50 bits per heavy atom. The van der Waals surface area contributed by atoms with Crippen LogP contribution >= 0.6 is 0 Å². The van der Waals surface area contributed by atoms with Crippen molar-refractivity contribution in [2.45, 2.75) is 19.4 Å². The van der Waals surface area contributed by atoms with Gasteiger partial charge in [-0.1, -0.05) is 0 Å². The van der Waals surface area contributed by atoms with E-state index in [1.54, 1.807) is 13.8 Å². The Labute approximate surface area is 81.1 Å². The Hall–Kier alpha value is -1.42. The Morgan fingerprint density at radius 3 is 2.79 bits per heavy atom. The fourth-order valence-corrected chi connectivity index (χ4v) is 1.68. The molecule has 0 radical (unpaired) electrons. The molecule has 0 bridgehead atoms. The average molecular weight is 194 g/mol. The van der Waals surface area contributed by atoms with E-state index in [0.717, 1.165) is 0 Å². The summed E-state index contributed by atoms with van der Waals surface area (Å²) in [4.78, 5) is 11.5. The lowest BCUT2D eigenvalue weighted by Crippen LogP contribution is -2.40. The van der Waals surface area contributed by atoms with Crippen molar-refractivity contribution in [3.8, 4) is 0 Å². The van der Waals surface area contributed by atoms with Crippen molar-refractivity contribution in [2.24, 2.45) is 5.73 Å². The van der Waals surface area contributed by atoms with Gasteiger partial charge in [-0.2, -0.15) is 0 Å². The first kappa shape index (κ1) is 9.15. The number of nitrogens with two attached hydrogens (primary N) is 1. The number of hydrogen-bond donors (Lipinski definition) is 2. The van der Waals surface area contributed by atoms with E-state index in [0.29, 0.717) is 16.8 Å². The molecule has 1 atom stereocenters. The van der Waals surface area contributed by atoms with E-state index in [1.165, 1.54) is 12.1 Å². The van der Waals surface area contributed by atoms with Crippen LogP contribution in [0.5, 0.6) is 0 Å². The topological polar surface area (TPSA) is 55.1 Å². The number of hydrogen-bond acceptors (Lipinski definition) is 2. The number of carbonyl (C=O) groups is 1. The molecule has 0 aromatic heterocycles. The summed E-state index contributed by atoms with van der Waals surface area (Å²) in [6, 6.07) is 2.68. The third kappa shape index (κ3) is 1.04. The van der Waals surface area contributed by atoms with E-state index < -0.39 is 5.54 Å². The molecule has 1 heterocycles. The molecule has 0 saturated heterocycles. The number of anilines is 1. The third-order valence-corrected chi connectivity index (χ3v) is 2.57. The van der Waals surface area contributed by atoms with E-state index in [-0.39, 0.29) is 11.7 Å². The molecular weight excluding hydrogens is 183 g/mol. The van der Waals surface area contributed by atoms with Gasteiger partial charge in [0, 0.05) is 11.3 Å². The van der Waals surface area contributed by atoms with Gasteiger partial charge in [-0.25, -0.2) is 4.39 Å². The van der Waals surface area contributed by atoms with Crippen LogP contribution in [0.1, 0.15) is 18.1 Å². The Balaban J connectivity index is 2.71. The van der Waals surface area contributed by atoms with Gasteiger partial charge in [0.25, 0.3) is 0 Å². The molecule has 3 nitrogen and oxygen atoms in total. The molecule has 0 saturated carbocycles. The molecular formula is C10H11FN2O. The van der Waals surface area contributed by atoms with Gasteiger partial charge in [-0.15, -0.1) is 0 Å². The average Bonchev–Trinajstić information content (AvgIpc) is 2.28. The minimum absolute atomic E-state index is 0.291. The molecule has 74 valence electrons. The molecule has 1 aromatic carbocycles. The first-order chi connectivity index (χ1) is 6.43. The van der Waals surface area contributed by atoms with Crippen LogP contribution in [-0.2, 0) is 10.3 Å². The second kappa shape index (κ2) is 2.54. The minimum atomic E-state index is -1.12. The molecule has 0 unspecified atom stereocenters. The summed E-state index contributed by atoms with van der Waals surface area (Å²) in [5.74, 6) is -0.657. The Morgan fingerprint density at radius 2 is 2.14 bits per heavy atom. The zero-order valence-electron chi connectivity index (χ0n) is 8.02. The second-order valence-electron chi connectivity index (χ2n) is 3.80. The number of benzene rings is 1. The van der Waals surface area contributed by atoms with Gasteiger partial charge in [0.05, 0.1) is 0 Å². The van der Waals surface area contributed by atoms with Crippen molar-refractivity contribution in [3.63, 3.8) is 0 Å². The number of carbonyl (C=O) groups excluding carboxylic acids is 1. The van der Waals surface area contributed by atoms with Crippen molar-refractivity contribution in [1.82, 2.24) is 0 Å². The highest BCUT2D eigenvalue weighted by molar-refractivity contribution is 6.06. The zero-order chi connectivity index (χ0) is 10.5. The van der Waals surface area contributed by atoms with Crippen molar-refractivity contribution in [2.75, 3.05) is 5.32 Å². The Bertz CT molecular complexity index is 426. The highest BCUT2D eigenvalue weighted by Gasteiger charge is 2.40. The first-order valence-electron chi connectivity index (χ1n) is 4.34. The molecule has 1 aliphatic rings. The maximum absolute atomic E-state index is 13.1. The summed E-state index contributed by atoms with van der Waals surface area (Å²) in [5, 5.41) is 2.65. The van der Waals surface area contributed by atoms with E-state index in [2.05, 4.69) is 5.32 Å². The van der Waals surface area contributed by atoms with Gasteiger partial charge in [0.1, 0.15) is 11.4 Å². The molecule has 1 aromatic rings. The van der Waals surface area contributed by atoms with Crippen molar-refractivity contribution in [1.29, 1.82) is 0 Å². The molecule has 0 aliphatic carbocycles. The Kier molecular flexibility index (Phi) is 1.66. The maximum Gasteiger partial charge on any atom is 0.248 e. The van der Waals surface area contributed by atoms with E-state index in [9.17, 15) is 9.18 Å². The number of fused-ring (bicyclic) bond motifs is 1. The van der Waals surface area contributed by atoms with Crippen LogP contribution in [-0.4, -0.2) is 5.91 Å². The number of halogens is 1. The van der Waals surface area contributed by atoms with Crippen LogP contribution in [0, 0.1) is 12.7 Å². The van der Waals surface area contributed by atoms with Gasteiger partial charge in [-0.05, 0) is 31.5 Å². The van der Waals surface area contributed by atoms with Crippen molar-refractivity contribution >= 4 is 11.6 Å². The lowest BCUT2D eigenvalue weighted by molar-refractivity contribution is -0.120. The van der Waals surface area contributed by atoms with Crippen LogP contribution < -0.4 is 11.1 Å². The number of amides is 1. The second-order valence-corrected chi connectivity index (χ2v) is 3.80. The quantitative estimate of drug-likeness (QED) is 0.653. The highest BCUT2D eigenvalue weighted by atomic mass is 19.1. The third-order valence-electron chi connectivity index (χ3n) is 2.57. The van der Waals surface area contributed by atoms with E-state index in [4.69, 9.17) is 5.73 Å². The van der Waals surface area contributed by atoms with Crippen molar-refractivity contribution in [3.05, 3.63) is 29.1 Å². The highest BCUT2D eigenvalue weighted by Crippen LogP contribution is 2.36. The summed E-state index contributed by atoms with van der Waals surface area (Å²) in [7, 11) is 0. The summed E-state index contributed by atoms with van der Waals surface area (Å²) in [6.45, 7) is 3.32. The van der Waals surface area contributed by atoms with Gasteiger partial charge in [-0.3, -0.25) is 4.79 Å². The largest absolute Gasteiger partial charge is 0.324 e. The van der Waals surface area contributed by atoms with E-state index in [1.807, 2.05) is 0 Å². The van der Waals surface area contributed by atoms with Gasteiger partial charge >= 0.3 is 0 Å². The zero-order valence-corrected chi connectivity index (χ0v) is 8.02. The van der Waals surface area contributed by atoms with Crippen LogP contribution in [0.25, 0.3) is 0 Å². The predicted molar refractivity (Wildman–Crippen MR) is 51.3 cm³/mol. The van der Waals surface area contributed by atoms with Crippen LogP contribution in [0.3, 0.4) is 0 Å². The fraction of sp³-hybridized carbons (Fsp3) is 0.300. The molecule has 0 spiro atoms. The lowest BCUT2D eigenvalue weighted by atomic mass is 9.93. The van der Waals surface area contributed by atoms with E-state index >= 15 is 0 Å². The normalized spacial score (nSPS) is 24.7. The first-order valence-corrected chi connectivity index (χ1v) is 4.34. The van der Waals surface area contributed by atoms with Crippen LogP contribution in [0.15, 0.2) is 12.1 Å². The summed E-state index contributed by atoms with van der Waals surface area (Å²) < 4.78 is 13.1. The molecule has 4 heteroatoms. The summed E-state index contributed by atoms with van der Waals surface area (Å²) >= 11 is 0.